The molecule has 3 heterocycles. The zero-order valence-electron chi connectivity index (χ0n) is 18.9. The number of rotatable bonds is 5. The molecule has 0 N–H and O–H groups in total. The molecule has 0 radical (unpaired) electrons. The van der Waals surface area contributed by atoms with E-state index >= 15 is 0 Å². The first kappa shape index (κ1) is 22.2. The summed E-state index contributed by atoms with van der Waals surface area (Å²) in [5, 5.41) is 9.76. The van der Waals surface area contributed by atoms with Crippen LogP contribution in [0.4, 0.5) is 0 Å². The third-order valence-corrected chi connectivity index (χ3v) is 6.41. The second kappa shape index (κ2) is 9.64. The maximum absolute atomic E-state index is 12.3. The molecule has 0 spiro atoms. The van der Waals surface area contributed by atoms with E-state index in [2.05, 4.69) is 48.7 Å². The summed E-state index contributed by atoms with van der Waals surface area (Å²) < 4.78 is 5.44. The van der Waals surface area contributed by atoms with Gasteiger partial charge in [0, 0.05) is 36.8 Å². The van der Waals surface area contributed by atoms with Crippen molar-refractivity contribution in [3.8, 4) is 6.07 Å². The van der Waals surface area contributed by atoms with Crippen LogP contribution in [-0.2, 0) is 16.1 Å². The summed E-state index contributed by atoms with van der Waals surface area (Å²) in [5.74, 6) is 0.590. The molecule has 0 bridgehead atoms. The van der Waals surface area contributed by atoms with Crippen molar-refractivity contribution in [1.82, 2.24) is 9.80 Å². The summed E-state index contributed by atoms with van der Waals surface area (Å²) >= 11 is 0. The summed E-state index contributed by atoms with van der Waals surface area (Å²) in [7, 11) is 0. The highest BCUT2D eigenvalue weighted by molar-refractivity contribution is 6.08. The van der Waals surface area contributed by atoms with Gasteiger partial charge in [0.15, 0.2) is 0 Å². The summed E-state index contributed by atoms with van der Waals surface area (Å²) in [6.07, 6.45) is 4.55. The predicted octanol–water partition coefficient (Wildman–Crippen LogP) is 3.72. The number of allylic oxidation sites excluding steroid dienone is 1. The maximum atomic E-state index is 12.3. The second-order valence-electron chi connectivity index (χ2n) is 8.71. The van der Waals surface area contributed by atoms with Gasteiger partial charge in [-0.3, -0.25) is 4.90 Å². The fourth-order valence-electron chi connectivity index (χ4n) is 4.71. The van der Waals surface area contributed by atoms with Crippen molar-refractivity contribution < 1.29 is 9.53 Å². The lowest BCUT2D eigenvalue weighted by molar-refractivity contribution is -0.110. The highest BCUT2D eigenvalue weighted by atomic mass is 16.5. The quantitative estimate of drug-likeness (QED) is 0.666. The van der Waals surface area contributed by atoms with Crippen molar-refractivity contribution in [2.75, 3.05) is 26.3 Å². The SMILES string of the molecule is C=C(C)C1=C(c2ccc(CN3CCOCC3)cc2)N=C2C(C#N)=CCCC(C)N2C1C=O. The van der Waals surface area contributed by atoms with Gasteiger partial charge in [-0.05, 0) is 32.3 Å². The number of ether oxygens (including phenoxy) is 1. The van der Waals surface area contributed by atoms with Gasteiger partial charge < -0.3 is 14.4 Å². The Balaban J connectivity index is 1.74. The van der Waals surface area contributed by atoms with Crippen LogP contribution in [0.25, 0.3) is 5.70 Å². The smallest absolute Gasteiger partial charge is 0.148 e. The molecule has 32 heavy (non-hydrogen) atoms. The fourth-order valence-corrected chi connectivity index (χ4v) is 4.71. The number of amidine groups is 1. The van der Waals surface area contributed by atoms with E-state index in [-0.39, 0.29) is 6.04 Å². The van der Waals surface area contributed by atoms with E-state index in [1.54, 1.807) is 0 Å². The molecule has 3 aliphatic heterocycles. The van der Waals surface area contributed by atoms with Crippen molar-refractivity contribution in [3.05, 3.63) is 64.8 Å². The van der Waals surface area contributed by atoms with E-state index in [1.165, 1.54) is 5.56 Å². The molecule has 0 saturated carbocycles. The second-order valence-corrected chi connectivity index (χ2v) is 8.71. The molecule has 2 unspecified atom stereocenters. The first-order chi connectivity index (χ1) is 15.5. The number of hydrogen-bond donors (Lipinski definition) is 0. The van der Waals surface area contributed by atoms with Gasteiger partial charge in [-0.1, -0.05) is 42.5 Å². The zero-order chi connectivity index (χ0) is 22.7. The largest absolute Gasteiger partial charge is 0.379 e. The standard InChI is InChI=1S/C26H30N4O2/c1-18(2)24-23(17-31)30-19(3)5-4-6-22(15-27)26(30)28-25(24)21-9-7-20(8-10-21)16-29-11-13-32-14-12-29/h6-10,17,19,23H,1,4-5,11-14,16H2,2-3H3. The Morgan fingerprint density at radius 1 is 1.31 bits per heavy atom. The number of carbonyl (C=O) groups is 1. The number of benzene rings is 1. The molecule has 6 heteroatoms. The van der Waals surface area contributed by atoms with Crippen molar-refractivity contribution >= 4 is 17.8 Å². The van der Waals surface area contributed by atoms with Crippen molar-refractivity contribution in [3.63, 3.8) is 0 Å². The van der Waals surface area contributed by atoms with Gasteiger partial charge >= 0.3 is 0 Å². The lowest BCUT2D eigenvalue weighted by Gasteiger charge is -2.40. The minimum absolute atomic E-state index is 0.0952. The number of carbonyl (C=O) groups excluding carboxylic acids is 1. The van der Waals surface area contributed by atoms with Gasteiger partial charge in [0.05, 0.1) is 24.5 Å². The summed E-state index contributed by atoms with van der Waals surface area (Å²) in [5.41, 5.74) is 5.07. The lowest BCUT2D eigenvalue weighted by Crippen LogP contribution is -2.49. The normalized spacial score (nSPS) is 24.1. The Hall–Kier alpha value is -3.01. The number of hydrogen-bond acceptors (Lipinski definition) is 6. The summed E-state index contributed by atoms with van der Waals surface area (Å²) in [6.45, 7) is 12.5. The summed E-state index contributed by atoms with van der Waals surface area (Å²) in [4.78, 5) is 21.7. The molecule has 0 aromatic heterocycles. The van der Waals surface area contributed by atoms with Crippen LogP contribution >= 0.6 is 0 Å². The molecule has 4 rings (SSSR count). The molecule has 2 atom stereocenters. The fraction of sp³-hybridized carbons (Fsp3) is 0.423. The van der Waals surface area contributed by atoms with Crippen LogP contribution in [0.2, 0.25) is 0 Å². The Kier molecular flexibility index (Phi) is 6.69. The molecule has 6 nitrogen and oxygen atoms in total. The third-order valence-electron chi connectivity index (χ3n) is 6.41. The van der Waals surface area contributed by atoms with Crippen LogP contribution in [0.1, 0.15) is 37.8 Å². The first-order valence-electron chi connectivity index (χ1n) is 11.3. The number of fused-ring (bicyclic) bond motifs is 1. The Morgan fingerprint density at radius 3 is 2.66 bits per heavy atom. The molecular formula is C26H30N4O2. The number of nitrogens with zero attached hydrogens (tertiary/aromatic N) is 4. The molecule has 1 aromatic rings. The van der Waals surface area contributed by atoms with Gasteiger partial charge in [0.25, 0.3) is 0 Å². The monoisotopic (exact) mass is 430 g/mol. The zero-order valence-corrected chi connectivity index (χ0v) is 18.9. The minimum atomic E-state index is -0.507. The minimum Gasteiger partial charge on any atom is -0.379 e. The maximum Gasteiger partial charge on any atom is 0.148 e. The van der Waals surface area contributed by atoms with E-state index < -0.39 is 6.04 Å². The Bertz CT molecular complexity index is 1020. The molecule has 1 fully saturated rings. The highest BCUT2D eigenvalue weighted by Crippen LogP contribution is 2.37. The van der Waals surface area contributed by atoms with E-state index in [1.807, 2.05) is 17.9 Å². The van der Waals surface area contributed by atoms with E-state index in [4.69, 9.17) is 9.73 Å². The van der Waals surface area contributed by atoms with E-state index in [0.717, 1.165) is 74.4 Å². The predicted molar refractivity (Wildman–Crippen MR) is 126 cm³/mol. The van der Waals surface area contributed by atoms with Crippen LogP contribution in [-0.4, -0.2) is 60.3 Å². The van der Waals surface area contributed by atoms with Gasteiger partial charge in [-0.15, -0.1) is 0 Å². The van der Waals surface area contributed by atoms with Gasteiger partial charge in [-0.2, -0.15) is 5.26 Å². The van der Waals surface area contributed by atoms with Crippen LogP contribution in [0.3, 0.4) is 0 Å². The van der Waals surface area contributed by atoms with E-state index in [9.17, 15) is 10.1 Å². The molecular weight excluding hydrogens is 400 g/mol. The van der Waals surface area contributed by atoms with Crippen LogP contribution < -0.4 is 0 Å². The summed E-state index contributed by atoms with van der Waals surface area (Å²) in [6, 6.07) is 10.2. The van der Waals surface area contributed by atoms with Crippen molar-refractivity contribution in [2.45, 2.75) is 45.3 Å². The van der Waals surface area contributed by atoms with Crippen molar-refractivity contribution in [2.24, 2.45) is 4.99 Å². The topological polar surface area (TPSA) is 68.9 Å². The number of aldehydes is 1. The van der Waals surface area contributed by atoms with Crippen LogP contribution in [0, 0.1) is 11.3 Å². The van der Waals surface area contributed by atoms with Crippen molar-refractivity contribution in [1.29, 1.82) is 5.26 Å². The molecule has 1 saturated heterocycles. The first-order valence-corrected chi connectivity index (χ1v) is 11.3. The lowest BCUT2D eigenvalue weighted by atomic mass is 9.91. The van der Waals surface area contributed by atoms with Gasteiger partial charge in [0.1, 0.15) is 24.2 Å². The number of morpholine rings is 1. The van der Waals surface area contributed by atoms with Crippen LogP contribution in [0.15, 0.2) is 58.6 Å². The third kappa shape index (κ3) is 4.32. The highest BCUT2D eigenvalue weighted by Gasteiger charge is 2.37. The molecule has 0 amide bonds. The van der Waals surface area contributed by atoms with Crippen LogP contribution in [0.5, 0.6) is 0 Å². The number of nitriles is 1. The Labute approximate surface area is 190 Å². The number of aliphatic imine (C=N–C) groups is 1. The molecule has 1 aromatic carbocycles. The molecule has 3 aliphatic rings. The molecule has 0 aliphatic carbocycles. The van der Waals surface area contributed by atoms with Gasteiger partial charge in [-0.25, -0.2) is 4.99 Å². The average Bonchev–Trinajstić information content (AvgIpc) is 2.97. The van der Waals surface area contributed by atoms with E-state index in [0.29, 0.717) is 11.4 Å². The average molecular weight is 431 g/mol. The Morgan fingerprint density at radius 2 is 2.03 bits per heavy atom. The molecule has 166 valence electrons. The van der Waals surface area contributed by atoms with Gasteiger partial charge in [0.2, 0.25) is 0 Å².